The lowest BCUT2D eigenvalue weighted by atomic mass is 9.97. The Morgan fingerprint density at radius 3 is 2.59 bits per heavy atom. The summed E-state index contributed by atoms with van der Waals surface area (Å²) in [4.78, 5) is 2.41. The molecular formula is C18H30N2O2. The molecule has 4 heteroatoms. The number of rotatable bonds is 7. The molecule has 0 amide bonds. The van der Waals surface area contributed by atoms with Gasteiger partial charge in [0, 0.05) is 38.3 Å². The minimum atomic E-state index is -0.457. The van der Waals surface area contributed by atoms with Crippen LogP contribution in [0, 0.1) is 13.8 Å². The van der Waals surface area contributed by atoms with Crippen LogP contribution in [0.15, 0.2) is 12.1 Å². The Morgan fingerprint density at radius 2 is 1.91 bits per heavy atom. The lowest BCUT2D eigenvalue weighted by Gasteiger charge is -2.28. The number of ether oxygens (including phenoxy) is 1. The second-order valence-electron chi connectivity index (χ2n) is 6.19. The van der Waals surface area contributed by atoms with E-state index < -0.39 is 6.10 Å². The van der Waals surface area contributed by atoms with Gasteiger partial charge in [-0.15, -0.1) is 0 Å². The summed E-state index contributed by atoms with van der Waals surface area (Å²) in [6.45, 7) is 12.1. The zero-order valence-electron chi connectivity index (χ0n) is 14.2. The molecule has 1 heterocycles. The number of nitrogens with one attached hydrogen (secondary N) is 1. The van der Waals surface area contributed by atoms with E-state index in [-0.39, 0.29) is 0 Å². The highest BCUT2D eigenvalue weighted by molar-refractivity contribution is 5.46. The van der Waals surface area contributed by atoms with E-state index in [0.29, 0.717) is 6.61 Å². The second-order valence-corrected chi connectivity index (χ2v) is 6.19. The number of piperazine rings is 1. The standard InChI is InChI=1S/C18H30N2O2/c1-4-13-22-18-15(3)6-5-14(2)17(18)16(21)7-10-20-11-8-19-9-12-20/h5-6,16,19,21H,4,7-13H2,1-3H3. The van der Waals surface area contributed by atoms with Crippen molar-refractivity contribution in [2.75, 3.05) is 39.3 Å². The molecule has 2 rings (SSSR count). The van der Waals surface area contributed by atoms with Crippen LogP contribution in [0.25, 0.3) is 0 Å². The molecule has 1 fully saturated rings. The summed E-state index contributed by atoms with van der Waals surface area (Å²) in [5.74, 6) is 0.884. The van der Waals surface area contributed by atoms with Crippen molar-refractivity contribution in [3.63, 3.8) is 0 Å². The monoisotopic (exact) mass is 306 g/mol. The molecule has 1 unspecified atom stereocenters. The van der Waals surface area contributed by atoms with Gasteiger partial charge in [0.2, 0.25) is 0 Å². The fourth-order valence-electron chi connectivity index (χ4n) is 3.00. The van der Waals surface area contributed by atoms with Gasteiger partial charge < -0.3 is 20.1 Å². The van der Waals surface area contributed by atoms with Crippen LogP contribution in [0.1, 0.15) is 42.6 Å². The number of benzene rings is 1. The average molecular weight is 306 g/mol. The van der Waals surface area contributed by atoms with Crippen molar-refractivity contribution < 1.29 is 9.84 Å². The van der Waals surface area contributed by atoms with Crippen LogP contribution in [0.4, 0.5) is 0 Å². The normalized spacial score (nSPS) is 17.5. The molecule has 0 aromatic heterocycles. The van der Waals surface area contributed by atoms with E-state index >= 15 is 0 Å². The highest BCUT2D eigenvalue weighted by Crippen LogP contribution is 2.33. The van der Waals surface area contributed by atoms with Gasteiger partial charge in [-0.05, 0) is 37.8 Å². The third-order valence-corrected chi connectivity index (χ3v) is 4.32. The number of hydrogen-bond donors (Lipinski definition) is 2. The van der Waals surface area contributed by atoms with Gasteiger partial charge in [-0.3, -0.25) is 0 Å². The van der Waals surface area contributed by atoms with Crippen molar-refractivity contribution in [3.05, 3.63) is 28.8 Å². The SMILES string of the molecule is CCCOc1c(C)ccc(C)c1C(O)CCN1CCNCC1. The summed E-state index contributed by atoms with van der Waals surface area (Å²) in [7, 11) is 0. The van der Waals surface area contributed by atoms with Crippen LogP contribution in [0.5, 0.6) is 5.75 Å². The average Bonchev–Trinajstić information content (AvgIpc) is 2.54. The molecule has 4 nitrogen and oxygen atoms in total. The number of hydrogen-bond acceptors (Lipinski definition) is 4. The van der Waals surface area contributed by atoms with Crippen LogP contribution in [0.3, 0.4) is 0 Å². The highest BCUT2D eigenvalue weighted by atomic mass is 16.5. The van der Waals surface area contributed by atoms with E-state index in [0.717, 1.165) is 68.0 Å². The molecule has 0 bridgehead atoms. The Bertz CT molecular complexity index is 470. The number of aliphatic hydroxyl groups excluding tert-OH is 1. The molecule has 1 aromatic carbocycles. The third-order valence-electron chi connectivity index (χ3n) is 4.32. The maximum absolute atomic E-state index is 10.7. The Balaban J connectivity index is 2.06. The van der Waals surface area contributed by atoms with E-state index in [2.05, 4.69) is 43.1 Å². The Hall–Kier alpha value is -1.10. The van der Waals surface area contributed by atoms with Crippen molar-refractivity contribution in [1.82, 2.24) is 10.2 Å². The molecule has 22 heavy (non-hydrogen) atoms. The van der Waals surface area contributed by atoms with Gasteiger partial charge in [0.05, 0.1) is 12.7 Å². The van der Waals surface area contributed by atoms with Crippen molar-refractivity contribution in [2.24, 2.45) is 0 Å². The molecule has 124 valence electrons. The Morgan fingerprint density at radius 1 is 1.23 bits per heavy atom. The van der Waals surface area contributed by atoms with Gasteiger partial charge in [0.1, 0.15) is 5.75 Å². The number of aryl methyl sites for hydroxylation is 2. The molecule has 1 aromatic rings. The van der Waals surface area contributed by atoms with E-state index in [9.17, 15) is 5.11 Å². The number of aliphatic hydroxyl groups is 1. The zero-order valence-corrected chi connectivity index (χ0v) is 14.2. The summed E-state index contributed by atoms with van der Waals surface area (Å²) in [5.41, 5.74) is 3.20. The summed E-state index contributed by atoms with van der Waals surface area (Å²) in [5, 5.41) is 14.1. The molecule has 0 aliphatic carbocycles. The first-order valence-electron chi connectivity index (χ1n) is 8.47. The summed E-state index contributed by atoms with van der Waals surface area (Å²) < 4.78 is 5.93. The van der Waals surface area contributed by atoms with Gasteiger partial charge in [-0.2, -0.15) is 0 Å². The first-order valence-corrected chi connectivity index (χ1v) is 8.47. The van der Waals surface area contributed by atoms with Gasteiger partial charge in [-0.25, -0.2) is 0 Å². The number of nitrogens with zero attached hydrogens (tertiary/aromatic N) is 1. The summed E-state index contributed by atoms with van der Waals surface area (Å²) in [6.07, 6.45) is 1.28. The highest BCUT2D eigenvalue weighted by Gasteiger charge is 2.20. The fraction of sp³-hybridized carbons (Fsp3) is 0.667. The Kier molecular flexibility index (Phi) is 6.68. The van der Waals surface area contributed by atoms with E-state index in [1.165, 1.54) is 0 Å². The van der Waals surface area contributed by atoms with Crippen LogP contribution < -0.4 is 10.1 Å². The third kappa shape index (κ3) is 4.45. The molecule has 2 N–H and O–H groups in total. The van der Waals surface area contributed by atoms with E-state index in [1.807, 2.05) is 0 Å². The maximum atomic E-state index is 10.7. The second kappa shape index (κ2) is 8.51. The molecule has 1 atom stereocenters. The minimum Gasteiger partial charge on any atom is -0.493 e. The predicted octanol–water partition coefficient (Wildman–Crippen LogP) is 2.42. The molecule has 1 saturated heterocycles. The molecule has 0 spiro atoms. The van der Waals surface area contributed by atoms with Crippen LogP contribution in [-0.4, -0.2) is 49.3 Å². The summed E-state index contributed by atoms with van der Waals surface area (Å²) in [6, 6.07) is 4.16. The largest absolute Gasteiger partial charge is 0.493 e. The first kappa shape index (κ1) is 17.3. The zero-order chi connectivity index (χ0) is 15.9. The van der Waals surface area contributed by atoms with Crippen molar-refractivity contribution >= 4 is 0 Å². The predicted molar refractivity (Wildman–Crippen MR) is 90.6 cm³/mol. The molecule has 0 radical (unpaired) electrons. The van der Waals surface area contributed by atoms with Gasteiger partial charge in [0.25, 0.3) is 0 Å². The van der Waals surface area contributed by atoms with Crippen molar-refractivity contribution in [3.8, 4) is 5.75 Å². The summed E-state index contributed by atoms with van der Waals surface area (Å²) >= 11 is 0. The lowest BCUT2D eigenvalue weighted by Crippen LogP contribution is -2.44. The maximum Gasteiger partial charge on any atom is 0.128 e. The first-order chi connectivity index (χ1) is 10.6. The van der Waals surface area contributed by atoms with Crippen LogP contribution >= 0.6 is 0 Å². The van der Waals surface area contributed by atoms with Gasteiger partial charge in [0.15, 0.2) is 0 Å². The topological polar surface area (TPSA) is 44.7 Å². The van der Waals surface area contributed by atoms with Gasteiger partial charge in [-0.1, -0.05) is 19.1 Å². The smallest absolute Gasteiger partial charge is 0.128 e. The molecule has 0 saturated carbocycles. The van der Waals surface area contributed by atoms with Crippen LogP contribution in [-0.2, 0) is 0 Å². The Labute approximate surface area is 134 Å². The van der Waals surface area contributed by atoms with Crippen molar-refractivity contribution in [1.29, 1.82) is 0 Å². The quantitative estimate of drug-likeness (QED) is 0.812. The fourth-order valence-corrected chi connectivity index (χ4v) is 3.00. The van der Waals surface area contributed by atoms with Crippen molar-refractivity contribution in [2.45, 2.75) is 39.7 Å². The lowest BCUT2D eigenvalue weighted by molar-refractivity contribution is 0.132. The molecule has 1 aliphatic heterocycles. The van der Waals surface area contributed by atoms with E-state index in [4.69, 9.17) is 4.74 Å². The van der Waals surface area contributed by atoms with E-state index in [1.54, 1.807) is 0 Å². The molecular weight excluding hydrogens is 276 g/mol. The van der Waals surface area contributed by atoms with Crippen LogP contribution in [0.2, 0.25) is 0 Å². The van der Waals surface area contributed by atoms with Gasteiger partial charge >= 0.3 is 0 Å². The minimum absolute atomic E-state index is 0.457. The molecule has 1 aliphatic rings.